The molecule has 15 heavy (non-hydrogen) atoms. The van der Waals surface area contributed by atoms with Gasteiger partial charge in [-0.1, -0.05) is 13.3 Å². The molecule has 2 rings (SSSR count). The molecule has 0 aliphatic carbocycles. The molecule has 2 aromatic heterocycles. The zero-order valence-electron chi connectivity index (χ0n) is 8.14. The van der Waals surface area contributed by atoms with E-state index in [0.29, 0.717) is 0 Å². The van der Waals surface area contributed by atoms with Crippen molar-refractivity contribution in [3.8, 4) is 5.82 Å². The molecule has 0 unspecified atom stereocenters. The van der Waals surface area contributed by atoms with Crippen molar-refractivity contribution >= 4 is 24.2 Å². The Bertz CT molecular complexity index is 411. The van der Waals surface area contributed by atoms with E-state index in [9.17, 15) is 0 Å². The summed E-state index contributed by atoms with van der Waals surface area (Å²) in [5, 5.41) is 4.11. The van der Waals surface area contributed by atoms with Gasteiger partial charge in [0.15, 0.2) is 0 Å². The van der Waals surface area contributed by atoms with E-state index in [0.717, 1.165) is 23.6 Å². The monoisotopic (exact) mass is 327 g/mol. The summed E-state index contributed by atoms with van der Waals surface area (Å²) in [5.41, 5.74) is 0. The van der Waals surface area contributed by atoms with Gasteiger partial charge in [-0.3, -0.25) is 0 Å². The van der Waals surface area contributed by atoms with Crippen molar-refractivity contribution < 1.29 is 19.5 Å². The predicted molar refractivity (Wildman–Crippen MR) is 58.9 cm³/mol. The minimum absolute atomic E-state index is 0. The number of rotatable bonds is 3. The summed E-state index contributed by atoms with van der Waals surface area (Å²) >= 11 is 6.81. The first-order valence-electron chi connectivity index (χ1n) is 4.48. The SMILES string of the molecule is CCCc1snc(-n2cccn2)c1[S-].[Rh]. The smallest absolute Gasteiger partial charge is 0.147 e. The third-order valence-corrected chi connectivity index (χ3v) is 3.35. The Morgan fingerprint density at radius 2 is 2.33 bits per heavy atom. The van der Waals surface area contributed by atoms with E-state index in [1.165, 1.54) is 16.4 Å². The molecule has 2 aromatic rings. The Morgan fingerprint density at radius 3 is 2.93 bits per heavy atom. The van der Waals surface area contributed by atoms with Crippen molar-refractivity contribution in [2.24, 2.45) is 0 Å². The van der Waals surface area contributed by atoms with Gasteiger partial charge < -0.3 is 12.6 Å². The predicted octanol–water partition coefficient (Wildman–Crippen LogP) is 2.18. The van der Waals surface area contributed by atoms with Crippen LogP contribution in [0.4, 0.5) is 0 Å². The quantitative estimate of drug-likeness (QED) is 0.640. The molecule has 0 fully saturated rings. The Hall–Kier alpha value is -0.317. The molecular formula is C9H10N3RhS2-. The first-order chi connectivity index (χ1) is 6.83. The minimum atomic E-state index is 0. The Morgan fingerprint density at radius 1 is 1.53 bits per heavy atom. The van der Waals surface area contributed by atoms with E-state index in [4.69, 9.17) is 12.6 Å². The van der Waals surface area contributed by atoms with Crippen LogP contribution in [0.1, 0.15) is 18.2 Å². The molecule has 0 aromatic carbocycles. The van der Waals surface area contributed by atoms with Crippen LogP contribution in [0.5, 0.6) is 0 Å². The van der Waals surface area contributed by atoms with Crippen LogP contribution in [0.2, 0.25) is 0 Å². The number of hydrogen-bond acceptors (Lipinski definition) is 4. The fourth-order valence-electron chi connectivity index (χ4n) is 1.23. The van der Waals surface area contributed by atoms with Crippen LogP contribution in [-0.4, -0.2) is 14.2 Å². The van der Waals surface area contributed by atoms with Gasteiger partial charge in [0.2, 0.25) is 0 Å². The molecule has 0 spiro atoms. The Kier molecular flexibility index (Phi) is 4.83. The van der Waals surface area contributed by atoms with Crippen LogP contribution in [0, 0.1) is 0 Å². The fourth-order valence-corrected chi connectivity index (χ4v) is 2.48. The standard InChI is InChI=1S/C9H11N3S2.Rh/c1-2-4-7-8(13)9(11-14-7)12-6-3-5-10-12;/h3,5-6,13H,2,4H2,1H3;/p-1. The number of aromatic nitrogens is 3. The van der Waals surface area contributed by atoms with Crippen molar-refractivity contribution in [2.75, 3.05) is 0 Å². The molecule has 2 heterocycles. The zero-order chi connectivity index (χ0) is 9.97. The topological polar surface area (TPSA) is 30.7 Å². The normalized spacial score (nSPS) is 9.93. The third kappa shape index (κ3) is 2.62. The average molecular weight is 327 g/mol. The average Bonchev–Trinajstić information content (AvgIpc) is 2.77. The van der Waals surface area contributed by atoms with E-state index in [2.05, 4.69) is 16.4 Å². The summed E-state index contributed by atoms with van der Waals surface area (Å²) in [6.07, 6.45) is 5.70. The molecule has 6 heteroatoms. The van der Waals surface area contributed by atoms with E-state index >= 15 is 0 Å². The van der Waals surface area contributed by atoms with Gasteiger partial charge in [-0.05, 0) is 24.0 Å². The van der Waals surface area contributed by atoms with Gasteiger partial charge >= 0.3 is 0 Å². The molecule has 0 amide bonds. The molecule has 0 bridgehead atoms. The van der Waals surface area contributed by atoms with Crippen molar-refractivity contribution in [1.29, 1.82) is 0 Å². The van der Waals surface area contributed by atoms with Crippen molar-refractivity contribution in [3.05, 3.63) is 23.3 Å². The number of nitrogens with zero attached hydrogens (tertiary/aromatic N) is 3. The molecule has 0 saturated heterocycles. The summed E-state index contributed by atoms with van der Waals surface area (Å²) in [6, 6.07) is 1.87. The largest absolute Gasteiger partial charge is 0.775 e. The third-order valence-electron chi connectivity index (χ3n) is 1.90. The van der Waals surface area contributed by atoms with Crippen LogP contribution in [-0.2, 0) is 38.5 Å². The van der Waals surface area contributed by atoms with E-state index in [1.807, 2.05) is 12.3 Å². The van der Waals surface area contributed by atoms with Crippen molar-refractivity contribution in [1.82, 2.24) is 14.2 Å². The summed E-state index contributed by atoms with van der Waals surface area (Å²) in [4.78, 5) is 2.04. The van der Waals surface area contributed by atoms with Gasteiger partial charge in [-0.15, -0.1) is 4.90 Å². The van der Waals surface area contributed by atoms with E-state index in [1.54, 1.807) is 10.9 Å². The summed E-state index contributed by atoms with van der Waals surface area (Å²) in [6.45, 7) is 2.14. The fraction of sp³-hybridized carbons (Fsp3) is 0.333. The molecule has 0 N–H and O–H groups in total. The zero-order valence-corrected chi connectivity index (χ0v) is 11.4. The van der Waals surface area contributed by atoms with Crippen LogP contribution in [0.25, 0.3) is 5.82 Å². The van der Waals surface area contributed by atoms with Crippen LogP contribution < -0.4 is 0 Å². The van der Waals surface area contributed by atoms with Gasteiger partial charge in [0.1, 0.15) is 5.82 Å². The maximum Gasteiger partial charge on any atom is 0.147 e. The molecule has 83 valence electrons. The van der Waals surface area contributed by atoms with E-state index < -0.39 is 0 Å². The van der Waals surface area contributed by atoms with Gasteiger partial charge in [-0.2, -0.15) is 9.47 Å². The first kappa shape index (κ1) is 12.8. The Labute approximate surface area is 111 Å². The van der Waals surface area contributed by atoms with Gasteiger partial charge in [-0.25, -0.2) is 4.68 Å². The van der Waals surface area contributed by atoms with Gasteiger partial charge in [0.05, 0.1) is 0 Å². The van der Waals surface area contributed by atoms with Crippen LogP contribution in [0.3, 0.4) is 0 Å². The molecular weight excluding hydrogens is 317 g/mol. The Balaban J connectivity index is 0.00000112. The first-order valence-corrected chi connectivity index (χ1v) is 5.66. The summed E-state index contributed by atoms with van der Waals surface area (Å²) in [7, 11) is 0. The summed E-state index contributed by atoms with van der Waals surface area (Å²) in [5.74, 6) is 0.790. The van der Waals surface area contributed by atoms with Crippen LogP contribution in [0.15, 0.2) is 23.4 Å². The molecule has 0 atom stereocenters. The maximum atomic E-state index is 5.33. The summed E-state index contributed by atoms with van der Waals surface area (Å²) < 4.78 is 6.04. The molecule has 0 aliphatic heterocycles. The number of aryl methyl sites for hydroxylation is 1. The van der Waals surface area contributed by atoms with Crippen molar-refractivity contribution in [2.45, 2.75) is 24.7 Å². The molecule has 1 radical (unpaired) electrons. The maximum absolute atomic E-state index is 5.33. The molecule has 3 nitrogen and oxygen atoms in total. The second-order valence-electron chi connectivity index (χ2n) is 2.96. The minimum Gasteiger partial charge on any atom is -0.775 e. The number of hydrogen-bond donors (Lipinski definition) is 0. The van der Waals surface area contributed by atoms with E-state index in [-0.39, 0.29) is 19.5 Å². The van der Waals surface area contributed by atoms with Gasteiger partial charge in [0.25, 0.3) is 0 Å². The molecule has 0 aliphatic rings. The second kappa shape index (κ2) is 5.68. The molecule has 0 saturated carbocycles. The second-order valence-corrected chi connectivity index (χ2v) is 4.23. The van der Waals surface area contributed by atoms with Crippen molar-refractivity contribution in [3.63, 3.8) is 0 Å². The van der Waals surface area contributed by atoms with Gasteiger partial charge in [0, 0.05) is 36.7 Å². The van der Waals surface area contributed by atoms with Crippen LogP contribution >= 0.6 is 11.5 Å².